The minimum atomic E-state index is 0.0635. The Balaban J connectivity index is 1.76. The van der Waals surface area contributed by atoms with Gasteiger partial charge in [0, 0.05) is 17.6 Å². The number of ether oxygens (including phenoxy) is 2. The van der Waals surface area contributed by atoms with Crippen molar-refractivity contribution in [3.63, 3.8) is 0 Å². The molecule has 0 amide bonds. The van der Waals surface area contributed by atoms with Crippen molar-refractivity contribution in [2.45, 2.75) is 18.9 Å². The molecule has 1 saturated heterocycles. The molecule has 0 aliphatic carbocycles. The van der Waals surface area contributed by atoms with Gasteiger partial charge in [0.25, 0.3) is 0 Å². The number of carbonyl (C=O) groups excluding carboxylic acids is 1. The number of thiophene rings is 1. The van der Waals surface area contributed by atoms with Gasteiger partial charge in [-0.1, -0.05) is 23.2 Å². The number of fused-ring (bicyclic) bond motifs is 1. The van der Waals surface area contributed by atoms with Gasteiger partial charge in [-0.3, -0.25) is 4.79 Å². The zero-order chi connectivity index (χ0) is 19.0. The van der Waals surface area contributed by atoms with Gasteiger partial charge in [-0.15, -0.1) is 11.3 Å². The monoisotopic (exact) mass is 423 g/mol. The first-order valence-electron chi connectivity index (χ1n) is 8.31. The molecule has 140 valence electrons. The van der Waals surface area contributed by atoms with E-state index in [1.807, 2.05) is 0 Å². The number of nitrogens with two attached hydrogens (primary N) is 1. The number of aldehydes is 1. The summed E-state index contributed by atoms with van der Waals surface area (Å²) < 4.78 is 11.4. The minimum absolute atomic E-state index is 0.0635. The van der Waals surface area contributed by atoms with Crippen LogP contribution in [-0.4, -0.2) is 35.6 Å². The molecule has 2 aromatic heterocycles. The molecule has 9 heteroatoms. The Morgan fingerprint density at radius 3 is 2.89 bits per heavy atom. The van der Waals surface area contributed by atoms with Crippen LogP contribution in [0.15, 0.2) is 18.2 Å². The lowest BCUT2D eigenvalue weighted by Gasteiger charge is -2.15. The van der Waals surface area contributed by atoms with Crippen LogP contribution < -0.4 is 10.5 Å². The molecule has 1 unspecified atom stereocenters. The molecule has 1 atom stereocenters. The van der Waals surface area contributed by atoms with Crippen LogP contribution >= 0.6 is 34.5 Å². The van der Waals surface area contributed by atoms with Crippen molar-refractivity contribution in [2.24, 2.45) is 0 Å². The second-order valence-corrected chi connectivity index (χ2v) is 8.00. The lowest BCUT2D eigenvalue weighted by Crippen LogP contribution is -2.16. The number of hydrogen-bond donors (Lipinski definition) is 1. The van der Waals surface area contributed by atoms with E-state index in [-0.39, 0.29) is 12.1 Å². The van der Waals surface area contributed by atoms with E-state index in [0.717, 1.165) is 25.7 Å². The fourth-order valence-electron chi connectivity index (χ4n) is 3.00. The third-order valence-corrected chi connectivity index (χ3v) is 5.83. The summed E-state index contributed by atoms with van der Waals surface area (Å²) in [5, 5.41) is 1.51. The number of carbonyl (C=O) groups is 1. The van der Waals surface area contributed by atoms with Gasteiger partial charge in [0.1, 0.15) is 17.2 Å². The van der Waals surface area contributed by atoms with Gasteiger partial charge < -0.3 is 15.2 Å². The number of halogens is 2. The Bertz CT molecular complexity index is 1020. The van der Waals surface area contributed by atoms with Crippen LogP contribution in [0.3, 0.4) is 0 Å². The van der Waals surface area contributed by atoms with E-state index >= 15 is 0 Å². The average molecular weight is 424 g/mol. The molecule has 1 aliphatic rings. The second-order valence-electron chi connectivity index (χ2n) is 6.12. The number of anilines is 1. The summed E-state index contributed by atoms with van der Waals surface area (Å²) in [6, 6.07) is 5.07. The van der Waals surface area contributed by atoms with Crippen LogP contribution in [0.4, 0.5) is 5.95 Å². The molecule has 0 spiro atoms. The highest BCUT2D eigenvalue weighted by Crippen LogP contribution is 2.40. The van der Waals surface area contributed by atoms with Gasteiger partial charge in [0.15, 0.2) is 6.29 Å². The summed E-state index contributed by atoms with van der Waals surface area (Å²) in [5.41, 5.74) is 6.99. The standard InChI is InChI=1S/C18H15Cl2N3O3S/c19-13-6-14(20)15(26-8-9-2-1-3-25-9)5-11(13)16-12-4-10(7-24)27-17(12)23-18(21)22-16/h4-7,9H,1-3,8H2,(H2,21,22,23). The molecule has 2 N–H and O–H groups in total. The molecule has 4 rings (SSSR count). The maximum absolute atomic E-state index is 11.1. The first-order chi connectivity index (χ1) is 13.0. The van der Waals surface area contributed by atoms with Crippen LogP contribution in [0, 0.1) is 0 Å². The van der Waals surface area contributed by atoms with E-state index in [1.165, 1.54) is 11.3 Å². The summed E-state index contributed by atoms with van der Waals surface area (Å²) in [6.45, 7) is 1.17. The lowest BCUT2D eigenvalue weighted by molar-refractivity contribution is 0.0680. The van der Waals surface area contributed by atoms with Gasteiger partial charge in [-0.25, -0.2) is 9.97 Å². The van der Waals surface area contributed by atoms with E-state index in [4.69, 9.17) is 38.4 Å². The minimum Gasteiger partial charge on any atom is -0.489 e. The number of nitrogens with zero attached hydrogens (tertiary/aromatic N) is 2. The summed E-state index contributed by atoms with van der Waals surface area (Å²) in [4.78, 5) is 20.8. The zero-order valence-electron chi connectivity index (χ0n) is 14.1. The molecule has 1 aliphatic heterocycles. The van der Waals surface area contributed by atoms with Crippen molar-refractivity contribution in [1.82, 2.24) is 9.97 Å². The number of rotatable bonds is 5. The Morgan fingerprint density at radius 2 is 2.15 bits per heavy atom. The summed E-state index contributed by atoms with van der Waals surface area (Å²) in [6.07, 6.45) is 2.83. The zero-order valence-corrected chi connectivity index (χ0v) is 16.4. The van der Waals surface area contributed by atoms with Crippen LogP contribution in [-0.2, 0) is 4.74 Å². The number of aromatic nitrogens is 2. The van der Waals surface area contributed by atoms with Crippen LogP contribution in [0.1, 0.15) is 22.5 Å². The Kier molecular flexibility index (Phi) is 5.19. The molecule has 27 heavy (non-hydrogen) atoms. The highest BCUT2D eigenvalue weighted by atomic mass is 35.5. The maximum atomic E-state index is 11.1. The van der Waals surface area contributed by atoms with Gasteiger partial charge >= 0.3 is 0 Å². The third kappa shape index (κ3) is 3.73. The summed E-state index contributed by atoms with van der Waals surface area (Å²) in [7, 11) is 0. The highest BCUT2D eigenvalue weighted by Gasteiger charge is 2.20. The largest absolute Gasteiger partial charge is 0.489 e. The van der Waals surface area contributed by atoms with Crippen molar-refractivity contribution >= 4 is 57.0 Å². The molecule has 6 nitrogen and oxygen atoms in total. The fraction of sp³-hybridized carbons (Fsp3) is 0.278. The molecule has 1 aromatic carbocycles. The highest BCUT2D eigenvalue weighted by molar-refractivity contribution is 7.20. The maximum Gasteiger partial charge on any atom is 0.221 e. The second kappa shape index (κ2) is 7.59. The predicted molar refractivity (Wildman–Crippen MR) is 107 cm³/mol. The first-order valence-corrected chi connectivity index (χ1v) is 9.88. The van der Waals surface area contributed by atoms with Crippen molar-refractivity contribution in [3.05, 3.63) is 33.1 Å². The Morgan fingerprint density at radius 1 is 1.30 bits per heavy atom. The van der Waals surface area contributed by atoms with E-state index in [2.05, 4.69) is 9.97 Å². The smallest absolute Gasteiger partial charge is 0.221 e. The van der Waals surface area contributed by atoms with E-state index in [9.17, 15) is 4.79 Å². The van der Waals surface area contributed by atoms with Crippen molar-refractivity contribution in [2.75, 3.05) is 18.9 Å². The van der Waals surface area contributed by atoms with Gasteiger partial charge in [0.05, 0.1) is 26.7 Å². The predicted octanol–water partition coefficient (Wildman–Crippen LogP) is 4.62. The molecule has 0 saturated carbocycles. The molecular formula is C18H15Cl2N3O3S. The number of hydrogen-bond acceptors (Lipinski definition) is 7. The van der Waals surface area contributed by atoms with Crippen LogP contribution in [0.5, 0.6) is 5.75 Å². The van der Waals surface area contributed by atoms with Crippen molar-refractivity contribution in [1.29, 1.82) is 0 Å². The van der Waals surface area contributed by atoms with E-state index in [1.54, 1.807) is 18.2 Å². The SMILES string of the molecule is Nc1nc(-c2cc(OCC3CCCO3)c(Cl)cc2Cl)c2cc(C=O)sc2n1. The van der Waals surface area contributed by atoms with Gasteiger partial charge in [-0.05, 0) is 31.0 Å². The third-order valence-electron chi connectivity index (χ3n) is 4.27. The fourth-order valence-corrected chi connectivity index (χ4v) is 4.38. The summed E-state index contributed by atoms with van der Waals surface area (Å²) in [5.74, 6) is 0.590. The van der Waals surface area contributed by atoms with Crippen LogP contribution in [0.25, 0.3) is 21.5 Å². The molecule has 1 fully saturated rings. The van der Waals surface area contributed by atoms with E-state index < -0.39 is 0 Å². The number of nitrogen functional groups attached to an aromatic ring is 1. The Labute approximate surface area is 169 Å². The molecule has 0 bridgehead atoms. The van der Waals surface area contributed by atoms with Crippen molar-refractivity contribution in [3.8, 4) is 17.0 Å². The van der Waals surface area contributed by atoms with E-state index in [0.29, 0.717) is 48.8 Å². The quantitative estimate of drug-likeness (QED) is 0.602. The topological polar surface area (TPSA) is 87.3 Å². The average Bonchev–Trinajstić information content (AvgIpc) is 3.29. The molecule has 0 radical (unpaired) electrons. The van der Waals surface area contributed by atoms with Gasteiger partial charge in [-0.2, -0.15) is 0 Å². The normalized spacial score (nSPS) is 16.7. The molecule has 3 heterocycles. The summed E-state index contributed by atoms with van der Waals surface area (Å²) >= 11 is 14.0. The Hall–Kier alpha value is -1.93. The first kappa shape index (κ1) is 18.4. The number of benzene rings is 1. The van der Waals surface area contributed by atoms with Gasteiger partial charge in [0.2, 0.25) is 5.95 Å². The molecular weight excluding hydrogens is 409 g/mol. The van der Waals surface area contributed by atoms with Crippen molar-refractivity contribution < 1.29 is 14.3 Å². The van der Waals surface area contributed by atoms with Crippen LogP contribution in [0.2, 0.25) is 10.0 Å². The molecule has 3 aromatic rings. The lowest BCUT2D eigenvalue weighted by atomic mass is 10.1.